The molecule has 0 bridgehead atoms. The van der Waals surface area contributed by atoms with E-state index in [-0.39, 0.29) is 11.2 Å². The molecule has 1 atom stereocenters. The summed E-state index contributed by atoms with van der Waals surface area (Å²) in [5.41, 5.74) is 2.46. The first-order valence-corrected chi connectivity index (χ1v) is 8.30. The molecule has 0 aliphatic rings. The van der Waals surface area contributed by atoms with Crippen molar-refractivity contribution in [2.75, 3.05) is 5.32 Å². The highest BCUT2D eigenvalue weighted by atomic mass is 32.2. The monoisotopic (exact) mass is 327 g/mol. The van der Waals surface area contributed by atoms with E-state index in [4.69, 9.17) is 4.42 Å². The van der Waals surface area contributed by atoms with E-state index in [2.05, 4.69) is 15.3 Å². The molecule has 0 saturated carbocycles. The fourth-order valence-electron chi connectivity index (χ4n) is 2.16. The Bertz CT molecular complexity index is 798. The van der Waals surface area contributed by atoms with Crippen molar-refractivity contribution in [3.63, 3.8) is 0 Å². The van der Waals surface area contributed by atoms with Gasteiger partial charge >= 0.3 is 0 Å². The number of hydrogen-bond acceptors (Lipinski definition) is 5. The molecule has 5 nitrogen and oxygen atoms in total. The van der Waals surface area contributed by atoms with Gasteiger partial charge in [-0.1, -0.05) is 36.9 Å². The van der Waals surface area contributed by atoms with Crippen LogP contribution in [0.15, 0.2) is 52.2 Å². The Morgan fingerprint density at radius 1 is 1.30 bits per heavy atom. The van der Waals surface area contributed by atoms with Crippen molar-refractivity contribution in [1.82, 2.24) is 9.97 Å². The van der Waals surface area contributed by atoms with Crippen molar-refractivity contribution in [2.45, 2.75) is 30.7 Å². The van der Waals surface area contributed by atoms with E-state index in [9.17, 15) is 4.79 Å². The van der Waals surface area contributed by atoms with Crippen LogP contribution in [0.4, 0.5) is 5.82 Å². The Morgan fingerprint density at radius 2 is 2.13 bits per heavy atom. The van der Waals surface area contributed by atoms with E-state index in [1.54, 1.807) is 6.20 Å². The van der Waals surface area contributed by atoms with Crippen LogP contribution in [0.3, 0.4) is 0 Å². The van der Waals surface area contributed by atoms with Crippen molar-refractivity contribution in [3.05, 3.63) is 48.2 Å². The first-order valence-electron chi connectivity index (χ1n) is 7.42. The van der Waals surface area contributed by atoms with Crippen LogP contribution in [-0.4, -0.2) is 21.1 Å². The number of carbonyl (C=O) groups excluding carboxylic acids is 1. The van der Waals surface area contributed by atoms with Crippen LogP contribution < -0.4 is 5.32 Å². The summed E-state index contributed by atoms with van der Waals surface area (Å²) < 4.78 is 5.68. The number of para-hydroxylation sites is 2. The maximum absolute atomic E-state index is 12.5. The Hall–Kier alpha value is -2.34. The highest BCUT2D eigenvalue weighted by molar-refractivity contribution is 8.00. The molecule has 1 N–H and O–H groups in total. The number of pyridine rings is 1. The van der Waals surface area contributed by atoms with E-state index in [0.29, 0.717) is 17.5 Å². The van der Waals surface area contributed by atoms with Gasteiger partial charge in [0, 0.05) is 6.20 Å². The lowest BCUT2D eigenvalue weighted by Crippen LogP contribution is -2.25. The van der Waals surface area contributed by atoms with Crippen molar-refractivity contribution in [3.8, 4) is 0 Å². The zero-order chi connectivity index (χ0) is 16.2. The number of anilines is 1. The third-order valence-corrected chi connectivity index (χ3v) is 4.64. The molecule has 3 rings (SSSR count). The highest BCUT2D eigenvalue weighted by Crippen LogP contribution is 2.29. The number of thioether (sulfide) groups is 1. The van der Waals surface area contributed by atoms with Gasteiger partial charge in [0.05, 0.1) is 5.25 Å². The topological polar surface area (TPSA) is 68.0 Å². The van der Waals surface area contributed by atoms with Crippen LogP contribution in [0.5, 0.6) is 0 Å². The van der Waals surface area contributed by atoms with Gasteiger partial charge in [-0.25, -0.2) is 9.97 Å². The molecule has 1 unspecified atom stereocenters. The summed E-state index contributed by atoms with van der Waals surface area (Å²) in [5, 5.41) is 3.09. The molecule has 23 heavy (non-hydrogen) atoms. The molecule has 2 heterocycles. The van der Waals surface area contributed by atoms with Gasteiger partial charge in [0.15, 0.2) is 5.58 Å². The zero-order valence-corrected chi connectivity index (χ0v) is 13.8. The minimum absolute atomic E-state index is 0.0958. The zero-order valence-electron chi connectivity index (χ0n) is 12.9. The molecule has 0 aliphatic carbocycles. The van der Waals surface area contributed by atoms with Gasteiger partial charge in [-0.05, 0) is 37.1 Å². The van der Waals surface area contributed by atoms with Crippen molar-refractivity contribution in [1.29, 1.82) is 0 Å². The first-order chi connectivity index (χ1) is 11.2. The number of aryl methyl sites for hydroxylation is 1. The van der Waals surface area contributed by atoms with Gasteiger partial charge in [0.1, 0.15) is 11.3 Å². The number of rotatable bonds is 5. The van der Waals surface area contributed by atoms with Gasteiger partial charge in [-0.2, -0.15) is 0 Å². The summed E-state index contributed by atoms with van der Waals surface area (Å²) in [6, 6.07) is 11.3. The van der Waals surface area contributed by atoms with E-state index >= 15 is 0 Å². The Balaban J connectivity index is 1.74. The molecule has 0 saturated heterocycles. The number of hydrogen-bond donors (Lipinski definition) is 1. The van der Waals surface area contributed by atoms with Gasteiger partial charge in [-0.3, -0.25) is 4.79 Å². The molecular formula is C17H17N3O2S. The van der Waals surface area contributed by atoms with Crippen LogP contribution in [0.25, 0.3) is 11.1 Å². The smallest absolute Gasteiger partial charge is 0.257 e. The Labute approximate surface area is 138 Å². The molecule has 6 heteroatoms. The minimum Gasteiger partial charge on any atom is -0.431 e. The average molecular weight is 327 g/mol. The van der Waals surface area contributed by atoms with E-state index in [1.807, 2.05) is 50.2 Å². The van der Waals surface area contributed by atoms with Crippen molar-refractivity contribution < 1.29 is 9.21 Å². The molecule has 118 valence electrons. The molecule has 0 radical (unpaired) electrons. The highest BCUT2D eigenvalue weighted by Gasteiger charge is 2.21. The second-order valence-electron chi connectivity index (χ2n) is 5.12. The summed E-state index contributed by atoms with van der Waals surface area (Å²) in [5.74, 6) is 0.496. The van der Waals surface area contributed by atoms with E-state index in [0.717, 1.165) is 16.7 Å². The quantitative estimate of drug-likeness (QED) is 0.716. The summed E-state index contributed by atoms with van der Waals surface area (Å²) in [7, 11) is 0. The number of benzene rings is 1. The van der Waals surface area contributed by atoms with Crippen LogP contribution in [0.1, 0.15) is 18.9 Å². The summed E-state index contributed by atoms with van der Waals surface area (Å²) in [4.78, 5) is 21.1. The summed E-state index contributed by atoms with van der Waals surface area (Å²) in [6.07, 6.45) is 2.33. The predicted molar refractivity (Wildman–Crippen MR) is 91.5 cm³/mol. The average Bonchev–Trinajstić information content (AvgIpc) is 2.97. The van der Waals surface area contributed by atoms with Crippen LogP contribution in [0, 0.1) is 6.92 Å². The first kappa shape index (κ1) is 15.6. The van der Waals surface area contributed by atoms with Crippen LogP contribution >= 0.6 is 11.8 Å². The Morgan fingerprint density at radius 3 is 2.87 bits per heavy atom. The molecule has 3 aromatic rings. The van der Waals surface area contributed by atoms with Crippen LogP contribution in [-0.2, 0) is 4.79 Å². The number of fused-ring (bicyclic) bond motifs is 1. The maximum atomic E-state index is 12.5. The minimum atomic E-state index is -0.288. The third-order valence-electron chi connectivity index (χ3n) is 3.43. The number of amides is 1. The number of nitrogens with one attached hydrogen (secondary N) is 1. The maximum Gasteiger partial charge on any atom is 0.257 e. The molecule has 1 aromatic carbocycles. The lowest BCUT2D eigenvalue weighted by molar-refractivity contribution is -0.115. The molecule has 1 amide bonds. The molecule has 0 fully saturated rings. The summed E-state index contributed by atoms with van der Waals surface area (Å²) >= 11 is 1.33. The number of aromatic nitrogens is 2. The van der Waals surface area contributed by atoms with Crippen molar-refractivity contribution in [2.24, 2.45) is 0 Å². The lowest BCUT2D eigenvalue weighted by Gasteiger charge is -2.13. The Kier molecular flexibility index (Phi) is 4.62. The number of carbonyl (C=O) groups is 1. The molecule has 2 aromatic heterocycles. The largest absolute Gasteiger partial charge is 0.431 e. The number of nitrogens with zero attached hydrogens (tertiary/aromatic N) is 2. The third kappa shape index (κ3) is 3.53. The normalized spacial score (nSPS) is 12.3. The molecule has 0 spiro atoms. The van der Waals surface area contributed by atoms with Crippen LogP contribution in [0.2, 0.25) is 0 Å². The summed E-state index contributed by atoms with van der Waals surface area (Å²) in [6.45, 7) is 3.88. The van der Waals surface area contributed by atoms with Gasteiger partial charge in [0.2, 0.25) is 5.91 Å². The van der Waals surface area contributed by atoms with E-state index in [1.165, 1.54) is 11.8 Å². The molecular weight excluding hydrogens is 310 g/mol. The fraction of sp³-hybridized carbons (Fsp3) is 0.235. The lowest BCUT2D eigenvalue weighted by atomic mass is 10.2. The van der Waals surface area contributed by atoms with Gasteiger partial charge in [-0.15, -0.1) is 0 Å². The standard InChI is InChI=1S/C17H17N3O2S/c1-3-14(16(21)20-15-11(2)7-6-10-18-15)23-17-19-12-8-4-5-9-13(12)22-17/h4-10,14H,3H2,1-2H3,(H,18,20,21). The SMILES string of the molecule is CCC(Sc1nc2ccccc2o1)C(=O)Nc1ncccc1C. The van der Waals surface area contributed by atoms with E-state index < -0.39 is 0 Å². The van der Waals surface area contributed by atoms with Gasteiger partial charge in [0.25, 0.3) is 5.22 Å². The second-order valence-corrected chi connectivity index (χ2v) is 6.27. The predicted octanol–water partition coefficient (Wildman–Crippen LogP) is 4.04. The number of oxazole rings is 1. The fourth-order valence-corrected chi connectivity index (χ4v) is 3.02. The van der Waals surface area contributed by atoms with Gasteiger partial charge < -0.3 is 9.73 Å². The second kappa shape index (κ2) is 6.83. The molecule has 0 aliphatic heterocycles. The van der Waals surface area contributed by atoms with Crippen molar-refractivity contribution >= 4 is 34.6 Å².